The van der Waals surface area contributed by atoms with Crippen LogP contribution >= 0.6 is 0 Å². The second kappa shape index (κ2) is 7.88. The Hall–Kier alpha value is -1.44. The third-order valence-corrected chi connectivity index (χ3v) is 2.70. The van der Waals surface area contributed by atoms with Crippen molar-refractivity contribution in [2.75, 3.05) is 26.9 Å². The Bertz CT molecular complexity index is 406. The largest absolute Gasteiger partial charge is 0.462 e. The summed E-state index contributed by atoms with van der Waals surface area (Å²) in [6.07, 6.45) is 1.49. The molecule has 7 heteroatoms. The van der Waals surface area contributed by atoms with Crippen molar-refractivity contribution in [1.82, 2.24) is 15.1 Å². The van der Waals surface area contributed by atoms with E-state index < -0.39 is 0 Å². The van der Waals surface area contributed by atoms with Crippen LogP contribution in [-0.2, 0) is 23.1 Å². The lowest BCUT2D eigenvalue weighted by atomic mass is 10.2. The van der Waals surface area contributed by atoms with Crippen LogP contribution in [-0.4, -0.2) is 53.8 Å². The van der Waals surface area contributed by atoms with E-state index in [1.54, 1.807) is 25.8 Å². The normalized spacial score (nSPS) is 12.4. The molecule has 0 fully saturated rings. The van der Waals surface area contributed by atoms with Crippen LogP contribution in [0.5, 0.6) is 0 Å². The molecule has 0 aliphatic carbocycles. The van der Waals surface area contributed by atoms with Crippen LogP contribution in [0.15, 0.2) is 6.20 Å². The van der Waals surface area contributed by atoms with Crippen molar-refractivity contribution >= 4 is 5.97 Å². The molecular formula is C12H21N3O4. The van der Waals surface area contributed by atoms with Gasteiger partial charge >= 0.3 is 5.97 Å². The predicted molar refractivity (Wildman–Crippen MR) is 68.8 cm³/mol. The maximum absolute atomic E-state index is 11.7. The summed E-state index contributed by atoms with van der Waals surface area (Å²) >= 11 is 0. The summed E-state index contributed by atoms with van der Waals surface area (Å²) < 4.78 is 11.6. The summed E-state index contributed by atoms with van der Waals surface area (Å²) in [6.45, 7) is 2.83. The number of esters is 1. The molecule has 2 N–H and O–H groups in total. The maximum atomic E-state index is 11.7. The number of rotatable bonds is 8. The summed E-state index contributed by atoms with van der Waals surface area (Å²) in [7, 11) is 3.32. The molecule has 1 rings (SSSR count). The van der Waals surface area contributed by atoms with Crippen LogP contribution in [0.25, 0.3) is 0 Å². The SMILES string of the molecule is CCOC(=O)c1cnn(C)c1CNC(CO)COC. The number of aryl methyl sites for hydroxylation is 1. The van der Waals surface area contributed by atoms with Crippen LogP contribution in [0.2, 0.25) is 0 Å². The van der Waals surface area contributed by atoms with Gasteiger partial charge in [-0.1, -0.05) is 0 Å². The third kappa shape index (κ3) is 4.30. The van der Waals surface area contributed by atoms with Gasteiger partial charge in [0.2, 0.25) is 0 Å². The second-order valence-electron chi connectivity index (χ2n) is 4.06. The number of methoxy groups -OCH3 is 1. The van der Waals surface area contributed by atoms with E-state index >= 15 is 0 Å². The van der Waals surface area contributed by atoms with E-state index in [0.29, 0.717) is 31.0 Å². The van der Waals surface area contributed by atoms with E-state index in [9.17, 15) is 4.79 Å². The first kappa shape index (κ1) is 15.6. The van der Waals surface area contributed by atoms with E-state index in [0.717, 1.165) is 0 Å². The molecule has 0 saturated heterocycles. The fourth-order valence-electron chi connectivity index (χ4n) is 1.67. The van der Waals surface area contributed by atoms with Crippen LogP contribution in [0, 0.1) is 0 Å². The highest BCUT2D eigenvalue weighted by Gasteiger charge is 2.18. The molecule has 19 heavy (non-hydrogen) atoms. The summed E-state index contributed by atoms with van der Waals surface area (Å²) in [5, 5.41) is 16.3. The molecule has 0 radical (unpaired) electrons. The van der Waals surface area contributed by atoms with Gasteiger partial charge in [-0.25, -0.2) is 4.79 Å². The fourth-order valence-corrected chi connectivity index (χ4v) is 1.67. The Kier molecular flexibility index (Phi) is 6.48. The Morgan fingerprint density at radius 2 is 2.37 bits per heavy atom. The quantitative estimate of drug-likeness (QED) is 0.631. The molecule has 0 bridgehead atoms. The standard InChI is InChI=1S/C12H21N3O4/c1-4-19-12(17)10-5-14-15(2)11(10)6-13-9(7-16)8-18-3/h5,9,13,16H,4,6-8H2,1-3H3. The first-order valence-corrected chi connectivity index (χ1v) is 6.15. The Morgan fingerprint density at radius 1 is 1.63 bits per heavy atom. The summed E-state index contributed by atoms with van der Waals surface area (Å²) in [5.41, 5.74) is 1.15. The van der Waals surface area contributed by atoms with Gasteiger partial charge in [0.25, 0.3) is 0 Å². The average Bonchev–Trinajstić information content (AvgIpc) is 2.76. The minimum Gasteiger partial charge on any atom is -0.462 e. The van der Waals surface area contributed by atoms with Gasteiger partial charge in [-0.15, -0.1) is 0 Å². The highest BCUT2D eigenvalue weighted by atomic mass is 16.5. The first-order valence-electron chi connectivity index (χ1n) is 6.15. The average molecular weight is 271 g/mol. The van der Waals surface area contributed by atoms with Crippen molar-refractivity contribution in [3.63, 3.8) is 0 Å². The van der Waals surface area contributed by atoms with Gasteiger partial charge in [0.15, 0.2) is 0 Å². The lowest BCUT2D eigenvalue weighted by Gasteiger charge is -2.15. The minimum atomic E-state index is -0.389. The topological polar surface area (TPSA) is 85.6 Å². The molecular weight excluding hydrogens is 250 g/mol. The monoisotopic (exact) mass is 271 g/mol. The molecule has 0 saturated carbocycles. The number of hydrogen-bond acceptors (Lipinski definition) is 6. The van der Waals surface area contributed by atoms with Crippen molar-refractivity contribution in [3.8, 4) is 0 Å². The van der Waals surface area contributed by atoms with Gasteiger partial charge in [-0.05, 0) is 6.92 Å². The smallest absolute Gasteiger partial charge is 0.341 e. The maximum Gasteiger partial charge on any atom is 0.341 e. The van der Waals surface area contributed by atoms with Crippen LogP contribution in [0.3, 0.4) is 0 Å². The number of aromatic nitrogens is 2. The van der Waals surface area contributed by atoms with Gasteiger partial charge in [-0.2, -0.15) is 5.10 Å². The van der Waals surface area contributed by atoms with E-state index in [2.05, 4.69) is 10.4 Å². The molecule has 7 nitrogen and oxygen atoms in total. The van der Waals surface area contributed by atoms with Crippen molar-refractivity contribution in [3.05, 3.63) is 17.5 Å². The zero-order valence-electron chi connectivity index (χ0n) is 11.5. The van der Waals surface area contributed by atoms with Crippen LogP contribution in [0.4, 0.5) is 0 Å². The van der Waals surface area contributed by atoms with Crippen molar-refractivity contribution in [2.45, 2.75) is 19.5 Å². The molecule has 1 unspecified atom stereocenters. The van der Waals surface area contributed by atoms with E-state index in [1.807, 2.05) is 0 Å². The summed E-state index contributed by atoms with van der Waals surface area (Å²) in [4.78, 5) is 11.7. The zero-order valence-corrected chi connectivity index (χ0v) is 11.5. The number of hydrogen-bond donors (Lipinski definition) is 2. The molecule has 1 aromatic heterocycles. The van der Waals surface area contributed by atoms with E-state index in [4.69, 9.17) is 14.6 Å². The Labute approximate surface area is 112 Å². The van der Waals surface area contributed by atoms with E-state index in [-0.39, 0.29) is 18.6 Å². The van der Waals surface area contributed by atoms with Gasteiger partial charge in [0.05, 0.1) is 37.8 Å². The zero-order chi connectivity index (χ0) is 14.3. The van der Waals surface area contributed by atoms with Crippen LogP contribution in [0.1, 0.15) is 23.0 Å². The number of ether oxygens (including phenoxy) is 2. The molecule has 1 heterocycles. The number of aliphatic hydroxyl groups is 1. The predicted octanol–water partition coefficient (Wildman–Crippen LogP) is -0.306. The van der Waals surface area contributed by atoms with Gasteiger partial charge in [-0.3, -0.25) is 4.68 Å². The van der Waals surface area contributed by atoms with Crippen molar-refractivity contribution in [1.29, 1.82) is 0 Å². The fraction of sp³-hybridized carbons (Fsp3) is 0.667. The van der Waals surface area contributed by atoms with Gasteiger partial charge in [0, 0.05) is 20.7 Å². The molecule has 1 aromatic rings. The number of carbonyl (C=O) groups excluding carboxylic acids is 1. The third-order valence-electron chi connectivity index (χ3n) is 2.70. The number of carbonyl (C=O) groups is 1. The molecule has 0 aromatic carbocycles. The molecule has 1 atom stereocenters. The molecule has 0 amide bonds. The van der Waals surface area contributed by atoms with Gasteiger partial charge in [0.1, 0.15) is 5.56 Å². The Morgan fingerprint density at radius 3 is 2.95 bits per heavy atom. The summed E-state index contributed by atoms with van der Waals surface area (Å²) in [6, 6.07) is -0.185. The molecule has 0 aliphatic heterocycles. The highest BCUT2D eigenvalue weighted by Crippen LogP contribution is 2.09. The summed E-state index contributed by atoms with van der Waals surface area (Å²) in [5.74, 6) is -0.389. The molecule has 108 valence electrons. The lowest BCUT2D eigenvalue weighted by Crippen LogP contribution is -2.36. The molecule has 0 aliphatic rings. The minimum absolute atomic E-state index is 0.0412. The van der Waals surface area contributed by atoms with Crippen LogP contribution < -0.4 is 5.32 Å². The van der Waals surface area contributed by atoms with Crippen molar-refractivity contribution in [2.24, 2.45) is 7.05 Å². The lowest BCUT2D eigenvalue weighted by molar-refractivity contribution is 0.0524. The van der Waals surface area contributed by atoms with Gasteiger partial charge < -0.3 is 19.9 Å². The number of nitrogens with zero attached hydrogens (tertiary/aromatic N) is 2. The molecule has 0 spiro atoms. The number of aliphatic hydroxyl groups excluding tert-OH is 1. The highest BCUT2D eigenvalue weighted by molar-refractivity contribution is 5.90. The second-order valence-corrected chi connectivity index (χ2v) is 4.06. The Balaban J connectivity index is 2.71. The first-order chi connectivity index (χ1) is 9.13. The van der Waals surface area contributed by atoms with E-state index in [1.165, 1.54) is 6.20 Å². The van der Waals surface area contributed by atoms with Crippen molar-refractivity contribution < 1.29 is 19.4 Å². The number of nitrogens with one attached hydrogen (secondary N) is 1.